The molecular weight excluding hydrogens is 394 g/mol. The number of aryl methyl sites for hydroxylation is 1. The summed E-state index contributed by atoms with van der Waals surface area (Å²) in [6.45, 7) is 3.36. The van der Waals surface area contributed by atoms with E-state index in [-0.39, 0.29) is 30.5 Å². The molecule has 31 heavy (non-hydrogen) atoms. The van der Waals surface area contributed by atoms with Crippen molar-refractivity contribution in [3.05, 3.63) is 71.0 Å². The molecule has 1 atom stereocenters. The Morgan fingerprint density at radius 2 is 1.84 bits per heavy atom. The Balaban J connectivity index is 1.47. The van der Waals surface area contributed by atoms with Crippen LogP contribution < -0.4 is 10.9 Å². The van der Waals surface area contributed by atoms with Crippen LogP contribution in [0.1, 0.15) is 25.2 Å². The van der Waals surface area contributed by atoms with E-state index in [1.54, 1.807) is 25.3 Å². The van der Waals surface area contributed by atoms with Crippen LogP contribution in [-0.2, 0) is 22.6 Å². The van der Waals surface area contributed by atoms with Crippen LogP contribution in [0.5, 0.6) is 0 Å². The number of hydrogen-bond acceptors (Lipinski definition) is 5. The number of methoxy groups -OCH3 is 1. The number of carbonyl (C=O) groups excluding carboxylic acids is 1. The van der Waals surface area contributed by atoms with Crippen LogP contribution in [0.25, 0.3) is 21.9 Å². The van der Waals surface area contributed by atoms with Crippen molar-refractivity contribution in [2.75, 3.05) is 13.7 Å². The molecule has 0 spiro atoms. The predicted octanol–water partition coefficient (Wildman–Crippen LogP) is 2.66. The van der Waals surface area contributed by atoms with E-state index in [1.807, 2.05) is 37.3 Å². The number of nitrogens with zero attached hydrogens (tertiary/aromatic N) is 4. The minimum atomic E-state index is -0.289. The Morgan fingerprint density at radius 3 is 2.65 bits per heavy atom. The van der Waals surface area contributed by atoms with E-state index >= 15 is 0 Å². The molecule has 1 amide bonds. The van der Waals surface area contributed by atoms with Crippen LogP contribution in [0.3, 0.4) is 0 Å². The minimum Gasteiger partial charge on any atom is -0.383 e. The molecule has 160 valence electrons. The number of benzene rings is 2. The molecule has 0 saturated carbocycles. The van der Waals surface area contributed by atoms with Crippen LogP contribution in [0.2, 0.25) is 0 Å². The number of para-hydroxylation sites is 3. The molecule has 2 aromatic heterocycles. The fourth-order valence-electron chi connectivity index (χ4n) is 3.71. The van der Waals surface area contributed by atoms with Crippen LogP contribution in [0.15, 0.2) is 59.7 Å². The normalized spacial score (nSPS) is 12.3. The van der Waals surface area contributed by atoms with Gasteiger partial charge in [-0.3, -0.25) is 14.2 Å². The van der Waals surface area contributed by atoms with Crippen molar-refractivity contribution in [1.29, 1.82) is 0 Å². The first-order valence-corrected chi connectivity index (χ1v) is 10.3. The van der Waals surface area contributed by atoms with E-state index in [2.05, 4.69) is 14.9 Å². The number of ether oxygens (including phenoxy) is 1. The maximum absolute atomic E-state index is 12.6. The third-order valence-electron chi connectivity index (χ3n) is 5.28. The summed E-state index contributed by atoms with van der Waals surface area (Å²) in [7, 11) is 1.66. The van der Waals surface area contributed by atoms with E-state index < -0.39 is 0 Å². The van der Waals surface area contributed by atoms with Crippen molar-refractivity contribution < 1.29 is 9.53 Å². The van der Waals surface area contributed by atoms with Crippen molar-refractivity contribution in [1.82, 2.24) is 24.4 Å². The van der Waals surface area contributed by atoms with Crippen LogP contribution >= 0.6 is 0 Å². The van der Waals surface area contributed by atoms with E-state index in [9.17, 15) is 9.59 Å². The number of nitrogens with one attached hydrogen (secondary N) is 1. The highest BCUT2D eigenvalue weighted by atomic mass is 16.5. The molecule has 0 aliphatic heterocycles. The molecule has 0 aliphatic carbocycles. The van der Waals surface area contributed by atoms with Crippen LogP contribution in [0, 0.1) is 0 Å². The molecule has 2 heterocycles. The van der Waals surface area contributed by atoms with Crippen molar-refractivity contribution in [2.24, 2.45) is 0 Å². The Morgan fingerprint density at radius 1 is 1.10 bits per heavy atom. The third-order valence-corrected chi connectivity index (χ3v) is 5.28. The fourth-order valence-corrected chi connectivity index (χ4v) is 3.71. The number of imidazole rings is 1. The summed E-state index contributed by atoms with van der Waals surface area (Å²) in [6.07, 6.45) is 1.66. The molecule has 1 N–H and O–H groups in total. The smallest absolute Gasteiger partial charge is 0.261 e. The highest BCUT2D eigenvalue weighted by molar-refractivity contribution is 5.78. The number of fused-ring (bicyclic) bond motifs is 2. The molecule has 0 fully saturated rings. The van der Waals surface area contributed by atoms with Gasteiger partial charge in [0.15, 0.2) is 0 Å². The van der Waals surface area contributed by atoms with E-state index in [1.165, 1.54) is 10.9 Å². The van der Waals surface area contributed by atoms with Gasteiger partial charge in [-0.2, -0.15) is 0 Å². The second-order valence-corrected chi connectivity index (χ2v) is 7.40. The fraction of sp³-hybridized carbons (Fsp3) is 0.304. The van der Waals surface area contributed by atoms with Crippen molar-refractivity contribution in [3.63, 3.8) is 0 Å². The molecule has 4 rings (SSSR count). The number of carbonyl (C=O) groups is 1. The molecule has 8 nitrogen and oxygen atoms in total. The zero-order valence-corrected chi connectivity index (χ0v) is 17.6. The quantitative estimate of drug-likeness (QED) is 0.474. The van der Waals surface area contributed by atoms with Gasteiger partial charge in [-0.05, 0) is 31.2 Å². The molecule has 0 radical (unpaired) electrons. The van der Waals surface area contributed by atoms with Gasteiger partial charge in [0.2, 0.25) is 5.91 Å². The molecule has 0 saturated heterocycles. The van der Waals surface area contributed by atoms with Gasteiger partial charge in [0, 0.05) is 26.6 Å². The van der Waals surface area contributed by atoms with E-state index in [0.717, 1.165) is 16.9 Å². The van der Waals surface area contributed by atoms with Gasteiger partial charge in [0.05, 0.1) is 40.9 Å². The summed E-state index contributed by atoms with van der Waals surface area (Å²) in [5, 5.41) is 3.55. The zero-order valence-electron chi connectivity index (χ0n) is 17.6. The van der Waals surface area contributed by atoms with Gasteiger partial charge in [0.25, 0.3) is 5.56 Å². The predicted molar refractivity (Wildman–Crippen MR) is 119 cm³/mol. The Kier molecular flexibility index (Phi) is 6.08. The highest BCUT2D eigenvalue weighted by Gasteiger charge is 2.18. The SMILES string of the molecule is COCCn1c([C@H](C)NC(=O)CCn2cnc3ccccc3c2=O)nc2ccccc21. The van der Waals surface area contributed by atoms with E-state index in [0.29, 0.717) is 24.1 Å². The second kappa shape index (κ2) is 9.09. The highest BCUT2D eigenvalue weighted by Crippen LogP contribution is 2.21. The lowest BCUT2D eigenvalue weighted by Crippen LogP contribution is -2.31. The first kappa shape index (κ1) is 20.7. The Labute approximate surface area is 179 Å². The summed E-state index contributed by atoms with van der Waals surface area (Å²) in [5.41, 5.74) is 2.39. The maximum atomic E-state index is 12.6. The molecular formula is C23H25N5O3. The van der Waals surface area contributed by atoms with Gasteiger partial charge in [-0.1, -0.05) is 24.3 Å². The van der Waals surface area contributed by atoms with Crippen molar-refractivity contribution in [2.45, 2.75) is 32.5 Å². The lowest BCUT2D eigenvalue weighted by Gasteiger charge is -2.16. The standard InChI is InChI=1S/C23H25N5O3/c1-16(22-26-19-9-5-6-10-20(19)28(22)13-14-31-2)25-21(29)11-12-27-15-24-18-8-4-3-7-17(18)23(27)30/h3-10,15-16H,11-14H2,1-2H3,(H,25,29)/t16-/m0/s1. The average molecular weight is 419 g/mol. The number of aromatic nitrogens is 4. The molecule has 4 aromatic rings. The lowest BCUT2D eigenvalue weighted by molar-refractivity contribution is -0.122. The van der Waals surface area contributed by atoms with Gasteiger partial charge in [-0.25, -0.2) is 9.97 Å². The monoisotopic (exact) mass is 419 g/mol. The third kappa shape index (κ3) is 4.34. The van der Waals surface area contributed by atoms with Crippen molar-refractivity contribution in [3.8, 4) is 0 Å². The van der Waals surface area contributed by atoms with Crippen molar-refractivity contribution >= 4 is 27.8 Å². The molecule has 2 aromatic carbocycles. The summed E-state index contributed by atoms with van der Waals surface area (Å²) in [6, 6.07) is 14.8. The maximum Gasteiger partial charge on any atom is 0.261 e. The Bertz CT molecular complexity index is 1280. The number of rotatable bonds is 8. The molecule has 0 aliphatic rings. The first-order valence-electron chi connectivity index (χ1n) is 10.3. The number of amides is 1. The largest absolute Gasteiger partial charge is 0.383 e. The van der Waals surface area contributed by atoms with Gasteiger partial charge in [0.1, 0.15) is 5.82 Å². The zero-order chi connectivity index (χ0) is 21.8. The summed E-state index contributed by atoms with van der Waals surface area (Å²) >= 11 is 0. The first-order chi connectivity index (χ1) is 15.1. The van der Waals surface area contributed by atoms with Crippen LogP contribution in [-0.4, -0.2) is 38.7 Å². The minimum absolute atomic E-state index is 0.146. The second-order valence-electron chi connectivity index (χ2n) is 7.40. The van der Waals surface area contributed by atoms with Crippen LogP contribution in [0.4, 0.5) is 0 Å². The molecule has 0 bridgehead atoms. The molecule has 0 unspecified atom stereocenters. The van der Waals surface area contributed by atoms with Gasteiger partial charge >= 0.3 is 0 Å². The summed E-state index contributed by atoms with van der Waals surface area (Å²) < 4.78 is 8.78. The summed E-state index contributed by atoms with van der Waals surface area (Å²) in [4.78, 5) is 34.2. The molecule has 8 heteroatoms. The summed E-state index contributed by atoms with van der Waals surface area (Å²) in [5.74, 6) is 0.619. The average Bonchev–Trinajstić information content (AvgIpc) is 3.16. The topological polar surface area (TPSA) is 91.0 Å². The van der Waals surface area contributed by atoms with Gasteiger partial charge < -0.3 is 14.6 Å². The lowest BCUT2D eigenvalue weighted by atomic mass is 10.2. The Hall–Kier alpha value is -3.52. The van der Waals surface area contributed by atoms with Gasteiger partial charge in [-0.15, -0.1) is 0 Å². The van der Waals surface area contributed by atoms with E-state index in [4.69, 9.17) is 9.72 Å². The number of hydrogen-bond donors (Lipinski definition) is 1.